The number of rotatable bonds is 11. The van der Waals surface area contributed by atoms with Crippen LogP contribution in [-0.4, -0.2) is 43.0 Å². The van der Waals surface area contributed by atoms with Gasteiger partial charge in [-0.2, -0.15) is 0 Å². The lowest BCUT2D eigenvalue weighted by atomic mass is 10.0. The maximum Gasteiger partial charge on any atom is 0.247 e. The smallest absolute Gasteiger partial charge is 0.247 e. The van der Waals surface area contributed by atoms with Gasteiger partial charge in [-0.05, 0) is 42.0 Å². The fraction of sp³-hybridized carbons (Fsp3) is 0.231. The highest BCUT2D eigenvalue weighted by Crippen LogP contribution is 2.29. The van der Waals surface area contributed by atoms with Crippen molar-refractivity contribution in [3.05, 3.63) is 89.7 Å². The van der Waals surface area contributed by atoms with E-state index in [0.717, 1.165) is 0 Å². The average Bonchev–Trinajstić information content (AvgIpc) is 2.87. The largest absolute Gasteiger partial charge is 0.383 e. The third-order valence-electron chi connectivity index (χ3n) is 5.11. The van der Waals surface area contributed by atoms with Crippen LogP contribution in [0.2, 0.25) is 5.02 Å². The van der Waals surface area contributed by atoms with Crippen LogP contribution < -0.4 is 15.5 Å². The summed E-state index contributed by atoms with van der Waals surface area (Å²) in [6.45, 7) is 0.608. The molecule has 0 saturated carbocycles. The number of anilines is 2. The second-order valence-electron chi connectivity index (χ2n) is 7.63. The van der Waals surface area contributed by atoms with Crippen LogP contribution >= 0.6 is 11.6 Å². The van der Waals surface area contributed by atoms with Crippen molar-refractivity contribution in [2.45, 2.75) is 18.9 Å². The molecule has 3 amide bonds. The third-order valence-corrected chi connectivity index (χ3v) is 5.36. The van der Waals surface area contributed by atoms with Gasteiger partial charge in [0.2, 0.25) is 17.7 Å². The van der Waals surface area contributed by atoms with Crippen molar-refractivity contribution in [2.75, 3.05) is 30.5 Å². The van der Waals surface area contributed by atoms with Crippen molar-refractivity contribution in [1.29, 1.82) is 0 Å². The molecule has 0 unspecified atom stereocenters. The van der Waals surface area contributed by atoms with Crippen LogP contribution in [0.5, 0.6) is 0 Å². The molecule has 2 aromatic carbocycles. The summed E-state index contributed by atoms with van der Waals surface area (Å²) in [5.74, 6) is -1.08. The van der Waals surface area contributed by atoms with Crippen LogP contribution in [0.4, 0.5) is 11.4 Å². The zero-order chi connectivity index (χ0) is 25.0. The number of para-hydroxylation sites is 1. The number of nitrogens with zero attached hydrogens (tertiary/aromatic N) is 2. The maximum absolute atomic E-state index is 13.5. The molecule has 182 valence electrons. The number of halogens is 1. The predicted octanol–water partition coefficient (Wildman–Crippen LogP) is 3.99. The first-order valence-corrected chi connectivity index (χ1v) is 11.5. The number of carbonyl (C=O) groups excluding carboxylic acids is 3. The summed E-state index contributed by atoms with van der Waals surface area (Å²) in [4.78, 5) is 44.7. The molecule has 3 aromatic rings. The van der Waals surface area contributed by atoms with Crippen LogP contribution in [0.25, 0.3) is 0 Å². The van der Waals surface area contributed by atoms with Gasteiger partial charge in [-0.25, -0.2) is 0 Å². The SMILES string of the molecule is COCCNC(=O)[C@H](c1ccc(Cl)cc1)N(C(=O)CCC(=O)Nc1cccnc1)c1ccccc1. The average molecular weight is 495 g/mol. The highest BCUT2D eigenvalue weighted by Gasteiger charge is 2.32. The molecule has 0 spiro atoms. The number of ether oxygens (including phenoxy) is 1. The van der Waals surface area contributed by atoms with Crippen molar-refractivity contribution in [1.82, 2.24) is 10.3 Å². The number of pyridine rings is 1. The molecule has 0 aliphatic rings. The van der Waals surface area contributed by atoms with Crippen molar-refractivity contribution in [3.63, 3.8) is 0 Å². The van der Waals surface area contributed by atoms with Gasteiger partial charge in [-0.3, -0.25) is 24.3 Å². The topological polar surface area (TPSA) is 101 Å². The van der Waals surface area contributed by atoms with E-state index in [-0.39, 0.29) is 37.1 Å². The lowest BCUT2D eigenvalue weighted by Crippen LogP contribution is -2.45. The van der Waals surface area contributed by atoms with Gasteiger partial charge in [0.15, 0.2) is 0 Å². The van der Waals surface area contributed by atoms with Crippen molar-refractivity contribution in [3.8, 4) is 0 Å². The van der Waals surface area contributed by atoms with E-state index in [1.54, 1.807) is 74.0 Å². The molecule has 9 heteroatoms. The zero-order valence-electron chi connectivity index (χ0n) is 19.3. The molecule has 1 atom stereocenters. The second kappa shape index (κ2) is 13.2. The standard InChI is InChI=1S/C26H27ClN4O4/c1-35-17-16-29-26(34)25(19-9-11-20(27)12-10-19)31(22-7-3-2-4-8-22)24(33)14-13-23(32)30-21-6-5-15-28-18-21/h2-12,15,18,25H,13-14,16-17H2,1H3,(H,29,34)(H,30,32)/t25-/m0/s1. The summed E-state index contributed by atoms with van der Waals surface area (Å²) in [6, 6.07) is 18.1. The highest BCUT2D eigenvalue weighted by molar-refractivity contribution is 6.30. The van der Waals surface area contributed by atoms with Crippen LogP contribution in [0.15, 0.2) is 79.1 Å². The van der Waals surface area contributed by atoms with E-state index in [9.17, 15) is 14.4 Å². The van der Waals surface area contributed by atoms with E-state index in [4.69, 9.17) is 16.3 Å². The molecule has 1 heterocycles. The Kier molecular flexibility index (Phi) is 9.77. The Balaban J connectivity index is 1.86. The summed E-state index contributed by atoms with van der Waals surface area (Å²) in [6.07, 6.45) is 2.97. The number of hydrogen-bond acceptors (Lipinski definition) is 5. The normalized spacial score (nSPS) is 11.4. The molecule has 0 saturated heterocycles. The molecule has 0 fully saturated rings. The van der Waals surface area contributed by atoms with E-state index in [1.165, 1.54) is 11.1 Å². The van der Waals surface area contributed by atoms with Crippen LogP contribution in [0.3, 0.4) is 0 Å². The minimum atomic E-state index is -0.972. The summed E-state index contributed by atoms with van der Waals surface area (Å²) in [5.41, 5.74) is 1.66. The maximum atomic E-state index is 13.5. The Morgan fingerprint density at radius 2 is 1.74 bits per heavy atom. The molecule has 0 aliphatic carbocycles. The monoisotopic (exact) mass is 494 g/mol. The van der Waals surface area contributed by atoms with Gasteiger partial charge in [-0.1, -0.05) is 41.9 Å². The fourth-order valence-electron chi connectivity index (χ4n) is 3.46. The minimum Gasteiger partial charge on any atom is -0.383 e. The Morgan fingerprint density at radius 3 is 2.40 bits per heavy atom. The molecular formula is C26H27ClN4O4. The Bertz CT molecular complexity index is 1110. The first kappa shape index (κ1) is 25.9. The lowest BCUT2D eigenvalue weighted by molar-refractivity contribution is -0.127. The number of nitrogens with one attached hydrogen (secondary N) is 2. The number of aromatic nitrogens is 1. The third kappa shape index (κ3) is 7.63. The van der Waals surface area contributed by atoms with Crippen LogP contribution in [-0.2, 0) is 19.1 Å². The summed E-state index contributed by atoms with van der Waals surface area (Å²) < 4.78 is 5.04. The van der Waals surface area contributed by atoms with E-state index in [2.05, 4.69) is 15.6 Å². The van der Waals surface area contributed by atoms with E-state index < -0.39 is 6.04 Å². The number of amides is 3. The predicted molar refractivity (Wildman–Crippen MR) is 135 cm³/mol. The summed E-state index contributed by atoms with van der Waals surface area (Å²) in [7, 11) is 1.54. The molecule has 0 bridgehead atoms. The molecule has 0 aliphatic heterocycles. The van der Waals surface area contributed by atoms with Crippen LogP contribution in [0.1, 0.15) is 24.4 Å². The van der Waals surface area contributed by atoms with Gasteiger partial charge in [0.25, 0.3) is 0 Å². The van der Waals surface area contributed by atoms with Gasteiger partial charge in [0, 0.05) is 43.4 Å². The Morgan fingerprint density at radius 1 is 1.00 bits per heavy atom. The van der Waals surface area contributed by atoms with Gasteiger partial charge in [0.05, 0.1) is 18.5 Å². The van der Waals surface area contributed by atoms with Crippen molar-refractivity contribution in [2.24, 2.45) is 0 Å². The Hall–Kier alpha value is -3.75. The van der Waals surface area contributed by atoms with Crippen LogP contribution in [0, 0.1) is 0 Å². The first-order valence-electron chi connectivity index (χ1n) is 11.1. The van der Waals surface area contributed by atoms with Gasteiger partial charge >= 0.3 is 0 Å². The molecule has 8 nitrogen and oxygen atoms in total. The zero-order valence-corrected chi connectivity index (χ0v) is 20.1. The van der Waals surface area contributed by atoms with Gasteiger partial charge in [0.1, 0.15) is 6.04 Å². The fourth-order valence-corrected chi connectivity index (χ4v) is 3.59. The molecule has 35 heavy (non-hydrogen) atoms. The summed E-state index contributed by atoms with van der Waals surface area (Å²) >= 11 is 6.06. The quantitative estimate of drug-likeness (QED) is 0.392. The van der Waals surface area contributed by atoms with Crippen molar-refractivity contribution < 1.29 is 19.1 Å². The highest BCUT2D eigenvalue weighted by atomic mass is 35.5. The molecule has 3 rings (SSSR count). The van der Waals surface area contributed by atoms with E-state index in [1.807, 2.05) is 6.07 Å². The number of hydrogen-bond donors (Lipinski definition) is 2. The number of methoxy groups -OCH3 is 1. The number of carbonyl (C=O) groups is 3. The minimum absolute atomic E-state index is 0.0598. The Labute approximate surface area is 209 Å². The first-order chi connectivity index (χ1) is 17.0. The molecular weight excluding hydrogens is 468 g/mol. The van der Waals surface area contributed by atoms with Crippen molar-refractivity contribution >= 4 is 40.7 Å². The van der Waals surface area contributed by atoms with Gasteiger partial charge in [-0.15, -0.1) is 0 Å². The second-order valence-corrected chi connectivity index (χ2v) is 8.06. The molecule has 1 aromatic heterocycles. The molecule has 2 N–H and O–H groups in total. The van der Waals surface area contributed by atoms with Gasteiger partial charge < -0.3 is 15.4 Å². The molecule has 0 radical (unpaired) electrons. The lowest BCUT2D eigenvalue weighted by Gasteiger charge is -2.31. The van der Waals surface area contributed by atoms with E-state index in [0.29, 0.717) is 28.6 Å². The number of benzene rings is 2. The summed E-state index contributed by atoms with van der Waals surface area (Å²) in [5, 5.41) is 6.05. The van der Waals surface area contributed by atoms with E-state index >= 15 is 0 Å².